The minimum absolute atomic E-state index is 0.149. The van der Waals surface area contributed by atoms with Crippen LogP contribution in [0.3, 0.4) is 0 Å². The van der Waals surface area contributed by atoms with E-state index in [4.69, 9.17) is 4.42 Å². The molecule has 0 unspecified atom stereocenters. The van der Waals surface area contributed by atoms with Crippen molar-refractivity contribution in [3.8, 4) is 17.3 Å². The van der Waals surface area contributed by atoms with Gasteiger partial charge in [-0.2, -0.15) is 5.10 Å². The molecule has 0 fully saturated rings. The van der Waals surface area contributed by atoms with Gasteiger partial charge in [-0.3, -0.25) is 0 Å². The Morgan fingerprint density at radius 2 is 1.89 bits per heavy atom. The molecule has 0 spiro atoms. The van der Waals surface area contributed by atoms with Crippen LogP contribution < -0.4 is 0 Å². The van der Waals surface area contributed by atoms with E-state index in [1.54, 1.807) is 30.5 Å². The maximum absolute atomic E-state index is 13.2. The van der Waals surface area contributed by atoms with Crippen LogP contribution in [0.1, 0.15) is 22.7 Å². The SMILES string of the molecule is Cc1nn(-c2ccc(F)cc2)c(C)c1Cn1ccnc1-c1ccc(CO)o1. The first-order chi connectivity index (χ1) is 13.1. The third kappa shape index (κ3) is 3.17. The number of aliphatic hydroxyl groups is 1. The zero-order valence-corrected chi connectivity index (χ0v) is 15.1. The van der Waals surface area contributed by atoms with Crippen molar-refractivity contribution in [1.82, 2.24) is 19.3 Å². The standard InChI is InChI=1S/C20H19FN4O2/c1-13-18(14(2)25(23-13)16-5-3-15(21)4-6-16)11-24-10-9-22-20(24)19-8-7-17(12-26)27-19/h3-10,26H,11-12H2,1-2H3. The largest absolute Gasteiger partial charge is 0.455 e. The van der Waals surface area contributed by atoms with Crippen LogP contribution in [-0.4, -0.2) is 24.4 Å². The number of hydrogen-bond acceptors (Lipinski definition) is 4. The van der Waals surface area contributed by atoms with E-state index in [9.17, 15) is 9.50 Å². The summed E-state index contributed by atoms with van der Waals surface area (Å²) in [5.41, 5.74) is 3.75. The maximum atomic E-state index is 13.2. The number of furan rings is 1. The number of hydrogen-bond donors (Lipinski definition) is 1. The zero-order chi connectivity index (χ0) is 19.0. The third-order valence-electron chi connectivity index (χ3n) is 4.59. The molecule has 0 aliphatic heterocycles. The summed E-state index contributed by atoms with van der Waals surface area (Å²) in [6.07, 6.45) is 3.59. The van der Waals surface area contributed by atoms with Gasteiger partial charge in [-0.05, 0) is 50.2 Å². The monoisotopic (exact) mass is 366 g/mol. The Kier molecular flexibility index (Phi) is 4.37. The second-order valence-electron chi connectivity index (χ2n) is 6.34. The highest BCUT2D eigenvalue weighted by molar-refractivity contribution is 5.48. The Labute approximate surface area is 155 Å². The fraction of sp³-hybridized carbons (Fsp3) is 0.200. The lowest BCUT2D eigenvalue weighted by Crippen LogP contribution is -2.04. The second-order valence-corrected chi connectivity index (χ2v) is 6.34. The summed E-state index contributed by atoms with van der Waals surface area (Å²) >= 11 is 0. The van der Waals surface area contributed by atoms with E-state index in [2.05, 4.69) is 10.1 Å². The van der Waals surface area contributed by atoms with Crippen LogP contribution in [0, 0.1) is 19.7 Å². The van der Waals surface area contributed by atoms with Crippen molar-refractivity contribution < 1.29 is 13.9 Å². The molecular weight excluding hydrogens is 347 g/mol. The second kappa shape index (κ2) is 6.85. The molecule has 0 saturated carbocycles. The molecule has 0 saturated heterocycles. The Balaban J connectivity index is 1.68. The van der Waals surface area contributed by atoms with Crippen LogP contribution in [0.5, 0.6) is 0 Å². The van der Waals surface area contributed by atoms with Crippen LogP contribution in [0.4, 0.5) is 4.39 Å². The fourth-order valence-corrected chi connectivity index (χ4v) is 3.15. The van der Waals surface area contributed by atoms with Crippen LogP contribution in [0.15, 0.2) is 53.2 Å². The van der Waals surface area contributed by atoms with Crippen LogP contribution in [0.25, 0.3) is 17.3 Å². The average molecular weight is 366 g/mol. The van der Waals surface area contributed by atoms with E-state index in [-0.39, 0.29) is 12.4 Å². The van der Waals surface area contributed by atoms with E-state index >= 15 is 0 Å². The first-order valence-electron chi connectivity index (χ1n) is 8.59. The molecule has 3 heterocycles. The summed E-state index contributed by atoms with van der Waals surface area (Å²) < 4.78 is 22.6. The van der Waals surface area contributed by atoms with Gasteiger partial charge >= 0.3 is 0 Å². The molecule has 1 aromatic carbocycles. The van der Waals surface area contributed by atoms with Gasteiger partial charge in [0.05, 0.1) is 17.9 Å². The number of aliphatic hydroxyl groups excluding tert-OH is 1. The molecule has 0 aliphatic carbocycles. The molecule has 3 aromatic heterocycles. The number of aromatic nitrogens is 4. The van der Waals surface area contributed by atoms with Gasteiger partial charge in [-0.15, -0.1) is 0 Å². The molecule has 27 heavy (non-hydrogen) atoms. The molecule has 4 aromatic rings. The molecule has 0 atom stereocenters. The van der Waals surface area contributed by atoms with Crippen molar-refractivity contribution in [1.29, 1.82) is 0 Å². The average Bonchev–Trinajstić information content (AvgIpc) is 3.38. The number of nitrogens with zero attached hydrogens (tertiary/aromatic N) is 4. The Hall–Kier alpha value is -3.19. The molecular formula is C20H19FN4O2. The van der Waals surface area contributed by atoms with Crippen molar-refractivity contribution in [2.24, 2.45) is 0 Å². The quantitative estimate of drug-likeness (QED) is 0.586. The number of aryl methyl sites for hydroxylation is 1. The van der Waals surface area contributed by atoms with Crippen molar-refractivity contribution in [3.63, 3.8) is 0 Å². The van der Waals surface area contributed by atoms with Gasteiger partial charge in [0.15, 0.2) is 11.6 Å². The molecule has 7 heteroatoms. The molecule has 138 valence electrons. The Morgan fingerprint density at radius 1 is 1.11 bits per heavy atom. The number of halogens is 1. The van der Waals surface area contributed by atoms with Crippen LogP contribution in [-0.2, 0) is 13.2 Å². The van der Waals surface area contributed by atoms with E-state index in [1.807, 2.05) is 29.3 Å². The first kappa shape index (κ1) is 17.2. The fourth-order valence-electron chi connectivity index (χ4n) is 3.15. The van der Waals surface area contributed by atoms with Crippen molar-refractivity contribution in [2.45, 2.75) is 27.0 Å². The summed E-state index contributed by atoms with van der Waals surface area (Å²) in [5.74, 6) is 1.51. The Bertz CT molecular complexity index is 1080. The van der Waals surface area contributed by atoms with E-state index in [0.29, 0.717) is 23.9 Å². The molecule has 6 nitrogen and oxygen atoms in total. The predicted molar refractivity (Wildman–Crippen MR) is 97.9 cm³/mol. The number of imidazole rings is 1. The van der Waals surface area contributed by atoms with Crippen molar-refractivity contribution in [3.05, 3.63) is 77.3 Å². The molecule has 1 N–H and O–H groups in total. The molecule has 0 bridgehead atoms. The smallest absolute Gasteiger partial charge is 0.176 e. The van der Waals surface area contributed by atoms with Crippen molar-refractivity contribution >= 4 is 0 Å². The van der Waals surface area contributed by atoms with E-state index in [0.717, 1.165) is 22.6 Å². The van der Waals surface area contributed by atoms with Gasteiger partial charge in [0.25, 0.3) is 0 Å². The van der Waals surface area contributed by atoms with E-state index in [1.165, 1.54) is 12.1 Å². The lowest BCUT2D eigenvalue weighted by Gasteiger charge is -2.08. The van der Waals surface area contributed by atoms with Gasteiger partial charge in [-0.25, -0.2) is 14.1 Å². The lowest BCUT2D eigenvalue weighted by atomic mass is 10.2. The highest BCUT2D eigenvalue weighted by Crippen LogP contribution is 2.24. The molecule has 0 aliphatic rings. The number of benzene rings is 1. The topological polar surface area (TPSA) is 69.0 Å². The molecule has 0 radical (unpaired) electrons. The van der Waals surface area contributed by atoms with Gasteiger partial charge in [0, 0.05) is 23.7 Å². The lowest BCUT2D eigenvalue weighted by molar-refractivity contribution is 0.248. The van der Waals surface area contributed by atoms with Crippen LogP contribution >= 0.6 is 0 Å². The minimum Gasteiger partial charge on any atom is -0.455 e. The van der Waals surface area contributed by atoms with E-state index < -0.39 is 0 Å². The molecule has 4 rings (SSSR count). The van der Waals surface area contributed by atoms with Gasteiger partial charge < -0.3 is 14.1 Å². The highest BCUT2D eigenvalue weighted by atomic mass is 19.1. The molecule has 0 amide bonds. The number of rotatable bonds is 5. The predicted octanol–water partition coefficient (Wildman–Crippen LogP) is 3.63. The van der Waals surface area contributed by atoms with Gasteiger partial charge in [-0.1, -0.05) is 0 Å². The first-order valence-corrected chi connectivity index (χ1v) is 8.59. The Morgan fingerprint density at radius 3 is 2.59 bits per heavy atom. The maximum Gasteiger partial charge on any atom is 0.176 e. The summed E-state index contributed by atoms with van der Waals surface area (Å²) in [7, 11) is 0. The summed E-state index contributed by atoms with van der Waals surface area (Å²) in [6, 6.07) is 9.80. The minimum atomic E-state index is -0.274. The third-order valence-corrected chi connectivity index (χ3v) is 4.59. The van der Waals surface area contributed by atoms with Crippen LogP contribution in [0.2, 0.25) is 0 Å². The zero-order valence-electron chi connectivity index (χ0n) is 15.1. The van der Waals surface area contributed by atoms with Gasteiger partial charge in [0.1, 0.15) is 18.2 Å². The normalized spacial score (nSPS) is 11.3. The van der Waals surface area contributed by atoms with Crippen molar-refractivity contribution in [2.75, 3.05) is 0 Å². The highest BCUT2D eigenvalue weighted by Gasteiger charge is 2.17. The summed E-state index contributed by atoms with van der Waals surface area (Å²) in [4.78, 5) is 4.38. The summed E-state index contributed by atoms with van der Waals surface area (Å²) in [6.45, 7) is 4.37. The summed E-state index contributed by atoms with van der Waals surface area (Å²) in [5, 5.41) is 13.8. The van der Waals surface area contributed by atoms with Gasteiger partial charge in [0.2, 0.25) is 0 Å².